The molecular weight excluding hydrogens is 396 g/mol. The highest BCUT2D eigenvalue weighted by molar-refractivity contribution is 5.77. The zero-order valence-electron chi connectivity index (χ0n) is 17.9. The molecule has 160 valence electrons. The lowest BCUT2D eigenvalue weighted by atomic mass is 10.0. The Kier molecular flexibility index (Phi) is 4.99. The minimum Gasteiger partial charge on any atom is -0.347 e. The standard InChI is InChI=1S/C26H26N6/c1-4-17(14-19(5-1)24-25(30-16-29-24)21-6-2-12-27-21)8-9-18-10-11-20-23(15-18)32-26(31-20)22-7-3-13-28-22/h1,4-5,10-11,14-16,21-22,27-28H,2-3,6-7,12-13H2,(H,29,30)(H,31,32)/t21-,22-/m0/s1. The number of nitrogens with zero attached hydrogens (tertiary/aromatic N) is 2. The van der Waals surface area contributed by atoms with Gasteiger partial charge in [0, 0.05) is 22.7 Å². The maximum absolute atomic E-state index is 4.75. The molecule has 0 aliphatic carbocycles. The lowest BCUT2D eigenvalue weighted by Gasteiger charge is -2.10. The summed E-state index contributed by atoms with van der Waals surface area (Å²) in [5.41, 5.74) is 7.28. The summed E-state index contributed by atoms with van der Waals surface area (Å²) in [4.78, 5) is 16.2. The smallest absolute Gasteiger partial charge is 0.124 e. The van der Waals surface area contributed by atoms with E-state index in [-0.39, 0.29) is 0 Å². The van der Waals surface area contributed by atoms with Crippen molar-refractivity contribution >= 4 is 11.0 Å². The number of aromatic amines is 2. The van der Waals surface area contributed by atoms with E-state index in [1.807, 2.05) is 6.07 Å². The topological polar surface area (TPSA) is 81.4 Å². The van der Waals surface area contributed by atoms with Crippen LogP contribution in [0.1, 0.15) is 60.4 Å². The number of nitrogens with one attached hydrogen (secondary N) is 4. The summed E-state index contributed by atoms with van der Waals surface area (Å²) in [7, 11) is 0. The second-order valence-electron chi connectivity index (χ2n) is 8.65. The Hall–Kier alpha value is -3.40. The average molecular weight is 423 g/mol. The molecule has 32 heavy (non-hydrogen) atoms. The predicted molar refractivity (Wildman–Crippen MR) is 126 cm³/mol. The van der Waals surface area contributed by atoms with Crippen molar-refractivity contribution in [1.29, 1.82) is 0 Å². The quantitative estimate of drug-likeness (QED) is 0.373. The first kappa shape index (κ1) is 19.3. The molecule has 6 heteroatoms. The first-order chi connectivity index (χ1) is 15.8. The Morgan fingerprint density at radius 3 is 2.50 bits per heavy atom. The molecule has 4 aromatic rings. The lowest BCUT2D eigenvalue weighted by Crippen LogP contribution is -2.14. The Bertz CT molecular complexity index is 1310. The fourth-order valence-electron chi connectivity index (χ4n) is 4.81. The lowest BCUT2D eigenvalue weighted by molar-refractivity contribution is 0.614. The molecular formula is C26H26N6. The monoisotopic (exact) mass is 422 g/mol. The summed E-state index contributed by atoms with van der Waals surface area (Å²) < 4.78 is 0. The van der Waals surface area contributed by atoms with Crippen molar-refractivity contribution in [3.05, 3.63) is 71.4 Å². The number of fused-ring (bicyclic) bond motifs is 1. The van der Waals surface area contributed by atoms with Gasteiger partial charge in [-0.05, 0) is 69.1 Å². The number of H-pyrrole nitrogens is 2. The molecule has 6 rings (SSSR count). The van der Waals surface area contributed by atoms with E-state index in [1.54, 1.807) is 6.33 Å². The number of benzene rings is 2. The van der Waals surface area contributed by atoms with Gasteiger partial charge in [0.15, 0.2) is 0 Å². The molecule has 6 nitrogen and oxygen atoms in total. The summed E-state index contributed by atoms with van der Waals surface area (Å²) >= 11 is 0. The van der Waals surface area contributed by atoms with Gasteiger partial charge in [0.1, 0.15) is 5.82 Å². The largest absolute Gasteiger partial charge is 0.347 e. The van der Waals surface area contributed by atoms with Crippen molar-refractivity contribution < 1.29 is 0 Å². The molecule has 4 N–H and O–H groups in total. The third kappa shape index (κ3) is 3.70. The van der Waals surface area contributed by atoms with Gasteiger partial charge in [-0.2, -0.15) is 0 Å². The van der Waals surface area contributed by atoms with Crippen LogP contribution in [0.5, 0.6) is 0 Å². The molecule has 0 radical (unpaired) electrons. The van der Waals surface area contributed by atoms with E-state index in [0.717, 1.165) is 65.2 Å². The second kappa shape index (κ2) is 8.27. The van der Waals surface area contributed by atoms with Crippen LogP contribution in [0.25, 0.3) is 22.3 Å². The molecule has 2 aliphatic heterocycles. The molecule has 4 heterocycles. The molecule has 0 saturated carbocycles. The van der Waals surface area contributed by atoms with Gasteiger partial charge < -0.3 is 20.6 Å². The van der Waals surface area contributed by atoms with Gasteiger partial charge >= 0.3 is 0 Å². The summed E-state index contributed by atoms with van der Waals surface area (Å²) in [6.45, 7) is 2.13. The molecule has 0 bridgehead atoms. The zero-order chi connectivity index (χ0) is 21.3. The Morgan fingerprint density at radius 2 is 1.69 bits per heavy atom. The van der Waals surface area contributed by atoms with E-state index in [9.17, 15) is 0 Å². The molecule has 0 spiro atoms. The Morgan fingerprint density at radius 1 is 0.875 bits per heavy atom. The number of aromatic nitrogens is 4. The molecule has 2 saturated heterocycles. The second-order valence-corrected chi connectivity index (χ2v) is 8.65. The van der Waals surface area contributed by atoms with Crippen molar-refractivity contribution in [2.45, 2.75) is 37.8 Å². The number of rotatable bonds is 3. The van der Waals surface area contributed by atoms with Gasteiger partial charge in [-0.1, -0.05) is 24.0 Å². The fraction of sp³-hybridized carbons (Fsp3) is 0.308. The minimum absolute atomic E-state index is 0.339. The normalized spacial score (nSPS) is 20.5. The SMILES string of the molecule is C(#Cc1ccc2nc([C@@H]3CCCN3)[nH]c2c1)c1cccc(-c2nc[nH]c2[C@@H]2CCCN2)c1. The van der Waals surface area contributed by atoms with E-state index in [0.29, 0.717) is 12.1 Å². The highest BCUT2D eigenvalue weighted by atomic mass is 15.0. The zero-order valence-corrected chi connectivity index (χ0v) is 17.9. The van der Waals surface area contributed by atoms with Crippen molar-refractivity contribution in [3.8, 4) is 23.1 Å². The van der Waals surface area contributed by atoms with Crippen molar-refractivity contribution in [3.63, 3.8) is 0 Å². The maximum atomic E-state index is 4.75. The summed E-state index contributed by atoms with van der Waals surface area (Å²) in [6.07, 6.45) is 6.47. The van der Waals surface area contributed by atoms with E-state index in [4.69, 9.17) is 4.98 Å². The number of imidazole rings is 2. The van der Waals surface area contributed by atoms with Gasteiger partial charge in [0.05, 0.1) is 34.8 Å². The van der Waals surface area contributed by atoms with E-state index in [2.05, 4.69) is 73.8 Å². The molecule has 2 fully saturated rings. The van der Waals surface area contributed by atoms with Gasteiger partial charge in [0.2, 0.25) is 0 Å². The molecule has 2 aliphatic rings. The summed E-state index contributed by atoms with van der Waals surface area (Å²) in [5, 5.41) is 7.05. The van der Waals surface area contributed by atoms with Crippen LogP contribution < -0.4 is 10.6 Å². The molecule has 2 aromatic heterocycles. The van der Waals surface area contributed by atoms with Gasteiger partial charge in [0.25, 0.3) is 0 Å². The predicted octanol–water partition coefficient (Wildman–Crippen LogP) is 4.20. The highest BCUT2D eigenvalue weighted by Crippen LogP contribution is 2.30. The third-order valence-electron chi connectivity index (χ3n) is 6.46. The molecule has 0 unspecified atom stereocenters. The van der Waals surface area contributed by atoms with Crippen LogP contribution in [0.4, 0.5) is 0 Å². The highest BCUT2D eigenvalue weighted by Gasteiger charge is 2.22. The van der Waals surface area contributed by atoms with Gasteiger partial charge in [-0.3, -0.25) is 0 Å². The molecule has 0 amide bonds. The maximum Gasteiger partial charge on any atom is 0.124 e. The first-order valence-corrected chi connectivity index (χ1v) is 11.5. The van der Waals surface area contributed by atoms with Crippen molar-refractivity contribution in [1.82, 2.24) is 30.6 Å². The first-order valence-electron chi connectivity index (χ1n) is 11.5. The van der Waals surface area contributed by atoms with Crippen LogP contribution in [-0.2, 0) is 0 Å². The minimum atomic E-state index is 0.339. The van der Waals surface area contributed by atoms with Crippen molar-refractivity contribution in [2.24, 2.45) is 0 Å². The third-order valence-corrected chi connectivity index (χ3v) is 6.46. The number of hydrogen-bond donors (Lipinski definition) is 4. The van der Waals surface area contributed by atoms with E-state index in [1.165, 1.54) is 18.5 Å². The fourth-order valence-corrected chi connectivity index (χ4v) is 4.81. The van der Waals surface area contributed by atoms with E-state index < -0.39 is 0 Å². The summed E-state index contributed by atoms with van der Waals surface area (Å²) in [5.74, 6) is 7.68. The van der Waals surface area contributed by atoms with Gasteiger partial charge in [-0.15, -0.1) is 0 Å². The van der Waals surface area contributed by atoms with Crippen LogP contribution in [0.3, 0.4) is 0 Å². The average Bonchev–Trinajstić information content (AvgIpc) is 3.63. The van der Waals surface area contributed by atoms with Crippen molar-refractivity contribution in [2.75, 3.05) is 13.1 Å². The summed E-state index contributed by atoms with van der Waals surface area (Å²) in [6, 6.07) is 15.2. The molecule has 2 aromatic carbocycles. The Labute approximate surface area is 187 Å². The van der Waals surface area contributed by atoms with Crippen LogP contribution >= 0.6 is 0 Å². The molecule has 2 atom stereocenters. The van der Waals surface area contributed by atoms with Crippen LogP contribution in [0, 0.1) is 11.8 Å². The number of hydrogen-bond acceptors (Lipinski definition) is 4. The van der Waals surface area contributed by atoms with Crippen LogP contribution in [-0.4, -0.2) is 33.0 Å². The van der Waals surface area contributed by atoms with Crippen LogP contribution in [0.15, 0.2) is 48.8 Å². The van der Waals surface area contributed by atoms with E-state index >= 15 is 0 Å². The van der Waals surface area contributed by atoms with Gasteiger partial charge in [-0.25, -0.2) is 9.97 Å². The van der Waals surface area contributed by atoms with Crippen LogP contribution in [0.2, 0.25) is 0 Å². The Balaban J connectivity index is 1.26.